The lowest BCUT2D eigenvalue weighted by atomic mass is 10.1. The highest BCUT2D eigenvalue weighted by Gasteiger charge is 2.30. The molecule has 28 heavy (non-hydrogen) atoms. The van der Waals surface area contributed by atoms with Crippen molar-refractivity contribution in [2.75, 3.05) is 26.3 Å². The minimum absolute atomic E-state index is 0.0868. The molecule has 0 bridgehead atoms. The van der Waals surface area contributed by atoms with Crippen molar-refractivity contribution in [1.82, 2.24) is 19.7 Å². The van der Waals surface area contributed by atoms with Crippen LogP contribution in [-0.4, -0.2) is 51.9 Å². The van der Waals surface area contributed by atoms with E-state index in [0.717, 1.165) is 17.0 Å². The van der Waals surface area contributed by atoms with Gasteiger partial charge in [0.15, 0.2) is 11.0 Å². The van der Waals surface area contributed by atoms with Crippen LogP contribution in [0.15, 0.2) is 65.8 Å². The average Bonchev–Trinajstić information content (AvgIpc) is 3.13. The van der Waals surface area contributed by atoms with Crippen molar-refractivity contribution in [3.8, 4) is 11.4 Å². The number of hydrogen-bond acceptors (Lipinski definition) is 5. The van der Waals surface area contributed by atoms with Crippen LogP contribution in [0.1, 0.15) is 10.8 Å². The maximum absolute atomic E-state index is 13.3. The van der Waals surface area contributed by atoms with E-state index in [0.29, 0.717) is 31.5 Å². The Kier molecular flexibility index (Phi) is 5.73. The molecule has 1 fully saturated rings. The molecule has 0 spiro atoms. The van der Waals surface area contributed by atoms with Crippen molar-refractivity contribution >= 4 is 17.7 Å². The summed E-state index contributed by atoms with van der Waals surface area (Å²) in [4.78, 5) is 15.2. The average molecular weight is 394 g/mol. The van der Waals surface area contributed by atoms with Crippen LogP contribution in [0.2, 0.25) is 0 Å². The molecule has 3 aromatic rings. The number of thioether (sulfide) groups is 1. The van der Waals surface area contributed by atoms with Gasteiger partial charge in [0, 0.05) is 25.7 Å². The monoisotopic (exact) mass is 394 g/mol. The largest absolute Gasteiger partial charge is 0.378 e. The maximum atomic E-state index is 13.3. The van der Waals surface area contributed by atoms with Crippen molar-refractivity contribution in [3.63, 3.8) is 0 Å². The third-order valence-corrected chi connectivity index (χ3v) is 6.02. The molecule has 2 heterocycles. The molecular weight excluding hydrogens is 372 g/mol. The van der Waals surface area contributed by atoms with Crippen molar-refractivity contribution in [2.24, 2.45) is 7.05 Å². The number of morpholine rings is 1. The fourth-order valence-corrected chi connectivity index (χ4v) is 4.29. The van der Waals surface area contributed by atoms with Crippen LogP contribution in [0, 0.1) is 0 Å². The van der Waals surface area contributed by atoms with Crippen molar-refractivity contribution < 1.29 is 9.53 Å². The van der Waals surface area contributed by atoms with Crippen LogP contribution in [0.25, 0.3) is 11.4 Å². The van der Waals surface area contributed by atoms with Gasteiger partial charge >= 0.3 is 0 Å². The molecule has 144 valence electrons. The summed E-state index contributed by atoms with van der Waals surface area (Å²) in [6.07, 6.45) is 0. The maximum Gasteiger partial charge on any atom is 0.240 e. The van der Waals surface area contributed by atoms with Crippen molar-refractivity contribution in [1.29, 1.82) is 0 Å². The van der Waals surface area contributed by atoms with Gasteiger partial charge in [-0.25, -0.2) is 0 Å². The van der Waals surface area contributed by atoms with Gasteiger partial charge in [-0.15, -0.1) is 10.2 Å². The molecule has 1 aromatic heterocycles. The lowest BCUT2D eigenvalue weighted by Gasteiger charge is -2.30. The Bertz CT molecular complexity index is 924. The molecule has 0 radical (unpaired) electrons. The number of carbonyl (C=O) groups excluding carboxylic acids is 1. The van der Waals surface area contributed by atoms with E-state index in [9.17, 15) is 4.79 Å². The molecule has 0 aliphatic carbocycles. The second-order valence-corrected chi connectivity index (χ2v) is 7.65. The molecule has 1 amide bonds. The lowest BCUT2D eigenvalue weighted by molar-refractivity contribution is -0.134. The molecule has 1 atom stereocenters. The number of nitrogens with zero attached hydrogens (tertiary/aromatic N) is 4. The molecule has 7 heteroatoms. The summed E-state index contributed by atoms with van der Waals surface area (Å²) in [5.41, 5.74) is 1.97. The van der Waals surface area contributed by atoms with E-state index < -0.39 is 0 Å². The van der Waals surface area contributed by atoms with Crippen LogP contribution in [0.3, 0.4) is 0 Å². The first-order valence-electron chi connectivity index (χ1n) is 9.27. The summed E-state index contributed by atoms with van der Waals surface area (Å²) in [6.45, 7) is 2.41. The van der Waals surface area contributed by atoms with E-state index in [1.807, 2.05) is 77.2 Å². The third-order valence-electron chi connectivity index (χ3n) is 4.74. The number of amides is 1. The normalized spacial score (nSPS) is 15.4. The quantitative estimate of drug-likeness (QED) is 0.622. The summed E-state index contributed by atoms with van der Waals surface area (Å²) in [5.74, 6) is 0.873. The summed E-state index contributed by atoms with van der Waals surface area (Å²) < 4.78 is 7.34. The van der Waals surface area contributed by atoms with Gasteiger partial charge in [0.05, 0.1) is 13.2 Å². The molecular formula is C21H22N4O2S. The Labute approximate surface area is 168 Å². The third kappa shape index (κ3) is 3.95. The molecule has 0 unspecified atom stereocenters. The van der Waals surface area contributed by atoms with Gasteiger partial charge in [-0.1, -0.05) is 72.4 Å². The summed E-state index contributed by atoms with van der Waals surface area (Å²) >= 11 is 1.44. The topological polar surface area (TPSA) is 60.2 Å². The fraction of sp³-hybridized carbons (Fsp3) is 0.286. The van der Waals surface area contributed by atoms with Gasteiger partial charge in [0.2, 0.25) is 5.91 Å². The van der Waals surface area contributed by atoms with Gasteiger partial charge in [-0.2, -0.15) is 0 Å². The van der Waals surface area contributed by atoms with Crippen LogP contribution in [0.5, 0.6) is 0 Å². The number of ether oxygens (including phenoxy) is 1. The highest BCUT2D eigenvalue weighted by molar-refractivity contribution is 8.00. The van der Waals surface area contributed by atoms with E-state index in [1.165, 1.54) is 11.8 Å². The van der Waals surface area contributed by atoms with E-state index in [4.69, 9.17) is 4.74 Å². The van der Waals surface area contributed by atoms with Gasteiger partial charge in [-0.05, 0) is 5.56 Å². The SMILES string of the molecule is Cn1c(S[C@H](C(=O)N2CCOCC2)c2ccccc2)nnc1-c1ccccc1. The Balaban J connectivity index is 1.63. The molecule has 4 rings (SSSR count). The van der Waals surface area contributed by atoms with Crippen molar-refractivity contribution in [3.05, 3.63) is 66.2 Å². The zero-order valence-electron chi connectivity index (χ0n) is 15.7. The van der Waals surface area contributed by atoms with Crippen LogP contribution in [0.4, 0.5) is 0 Å². The predicted octanol–water partition coefficient (Wildman–Crippen LogP) is 3.17. The molecule has 1 saturated heterocycles. The molecule has 1 aliphatic heterocycles. The minimum atomic E-state index is -0.370. The molecule has 0 saturated carbocycles. The second-order valence-electron chi connectivity index (χ2n) is 6.58. The van der Waals surface area contributed by atoms with E-state index in [-0.39, 0.29) is 11.2 Å². The molecule has 0 N–H and O–H groups in total. The first kappa shape index (κ1) is 18.7. The van der Waals surface area contributed by atoms with Gasteiger partial charge in [0.1, 0.15) is 5.25 Å². The number of aromatic nitrogens is 3. The Morgan fingerprint density at radius 1 is 1.00 bits per heavy atom. The van der Waals surface area contributed by atoms with E-state index >= 15 is 0 Å². The first-order chi connectivity index (χ1) is 13.7. The Morgan fingerprint density at radius 2 is 1.64 bits per heavy atom. The Morgan fingerprint density at radius 3 is 2.32 bits per heavy atom. The fourth-order valence-electron chi connectivity index (χ4n) is 3.20. The summed E-state index contributed by atoms with van der Waals surface area (Å²) in [7, 11) is 1.94. The van der Waals surface area contributed by atoms with Crippen molar-refractivity contribution in [2.45, 2.75) is 10.4 Å². The highest BCUT2D eigenvalue weighted by Crippen LogP contribution is 2.37. The minimum Gasteiger partial charge on any atom is -0.378 e. The number of hydrogen-bond donors (Lipinski definition) is 0. The first-order valence-corrected chi connectivity index (χ1v) is 10.1. The van der Waals surface area contributed by atoms with Crippen LogP contribution >= 0.6 is 11.8 Å². The van der Waals surface area contributed by atoms with Crippen LogP contribution < -0.4 is 0 Å². The zero-order chi connectivity index (χ0) is 19.3. The van der Waals surface area contributed by atoms with Crippen LogP contribution in [-0.2, 0) is 16.6 Å². The van der Waals surface area contributed by atoms with Gasteiger partial charge in [0.25, 0.3) is 0 Å². The van der Waals surface area contributed by atoms with Gasteiger partial charge < -0.3 is 14.2 Å². The molecule has 6 nitrogen and oxygen atoms in total. The number of carbonyl (C=O) groups is 1. The second kappa shape index (κ2) is 8.58. The highest BCUT2D eigenvalue weighted by atomic mass is 32.2. The smallest absolute Gasteiger partial charge is 0.240 e. The zero-order valence-corrected chi connectivity index (χ0v) is 16.5. The molecule has 1 aliphatic rings. The van der Waals surface area contributed by atoms with E-state index in [2.05, 4.69) is 10.2 Å². The van der Waals surface area contributed by atoms with E-state index in [1.54, 1.807) is 0 Å². The summed E-state index contributed by atoms with van der Waals surface area (Å²) in [6, 6.07) is 19.8. The predicted molar refractivity (Wildman–Crippen MR) is 109 cm³/mol. The number of rotatable bonds is 5. The van der Waals surface area contributed by atoms with Gasteiger partial charge in [-0.3, -0.25) is 4.79 Å². The number of benzene rings is 2. The Hall–Kier alpha value is -2.64. The lowest BCUT2D eigenvalue weighted by Crippen LogP contribution is -2.42. The standard InChI is InChI=1S/C21H22N4O2S/c1-24-19(17-10-6-3-7-11-17)22-23-21(24)28-18(16-8-4-2-5-9-16)20(26)25-12-14-27-15-13-25/h2-11,18H,12-15H2,1H3/t18-/m0/s1. The molecule has 2 aromatic carbocycles. The summed E-state index contributed by atoms with van der Waals surface area (Å²) in [5, 5.41) is 9.06.